The summed E-state index contributed by atoms with van der Waals surface area (Å²) in [5, 5.41) is 5.12. The van der Waals surface area contributed by atoms with Gasteiger partial charge in [-0.15, -0.1) is 0 Å². The SMILES string of the molecule is COc1ccc(Br)c(CNc2ccc(Cl)cc2Cl)c1OCc1cccc(Cl)c1. The van der Waals surface area contributed by atoms with Gasteiger partial charge in [-0.1, -0.05) is 62.9 Å². The molecule has 3 nitrogen and oxygen atoms in total. The normalized spacial score (nSPS) is 10.6. The summed E-state index contributed by atoms with van der Waals surface area (Å²) in [6, 6.07) is 16.7. The highest BCUT2D eigenvalue weighted by molar-refractivity contribution is 9.10. The lowest BCUT2D eigenvalue weighted by atomic mass is 10.1. The molecule has 0 unspecified atom stereocenters. The molecular formula is C21H17BrCl3NO2. The molecule has 0 fully saturated rings. The summed E-state index contributed by atoms with van der Waals surface area (Å²) >= 11 is 21.9. The van der Waals surface area contributed by atoms with Crippen LogP contribution in [-0.2, 0) is 13.2 Å². The maximum absolute atomic E-state index is 6.26. The van der Waals surface area contributed by atoms with E-state index in [9.17, 15) is 0 Å². The van der Waals surface area contributed by atoms with Crippen LogP contribution < -0.4 is 14.8 Å². The van der Waals surface area contributed by atoms with Crippen LogP contribution in [0, 0.1) is 0 Å². The van der Waals surface area contributed by atoms with Crippen molar-refractivity contribution in [3.8, 4) is 11.5 Å². The first-order chi connectivity index (χ1) is 13.5. The molecule has 0 aliphatic carbocycles. The maximum Gasteiger partial charge on any atom is 0.167 e. The van der Waals surface area contributed by atoms with Crippen molar-refractivity contribution in [3.05, 3.63) is 85.3 Å². The molecule has 1 N–H and O–H groups in total. The molecule has 146 valence electrons. The molecule has 0 bridgehead atoms. The third-order valence-electron chi connectivity index (χ3n) is 4.05. The Morgan fingerprint density at radius 2 is 1.75 bits per heavy atom. The fourth-order valence-corrected chi connectivity index (χ4v) is 3.81. The van der Waals surface area contributed by atoms with E-state index < -0.39 is 0 Å². The standard InChI is InChI=1S/C21H17BrCl3NO2/c1-27-20-8-6-17(22)16(11-26-19-7-5-15(24)10-18(19)25)21(20)28-12-13-3-2-4-14(23)9-13/h2-10,26H,11-12H2,1H3. The third-order valence-corrected chi connectivity index (χ3v) is 5.57. The van der Waals surface area contributed by atoms with Crippen LogP contribution >= 0.6 is 50.7 Å². The van der Waals surface area contributed by atoms with Gasteiger partial charge in [-0.3, -0.25) is 0 Å². The second-order valence-electron chi connectivity index (χ2n) is 5.95. The van der Waals surface area contributed by atoms with E-state index in [4.69, 9.17) is 44.3 Å². The summed E-state index contributed by atoms with van der Waals surface area (Å²) in [6.45, 7) is 0.839. The molecule has 0 spiro atoms. The number of hydrogen-bond donors (Lipinski definition) is 1. The Balaban J connectivity index is 1.84. The Labute approximate surface area is 187 Å². The van der Waals surface area contributed by atoms with Gasteiger partial charge in [0.25, 0.3) is 0 Å². The third kappa shape index (κ3) is 5.26. The summed E-state index contributed by atoms with van der Waals surface area (Å²) in [5.74, 6) is 1.29. The van der Waals surface area contributed by atoms with Crippen molar-refractivity contribution in [2.24, 2.45) is 0 Å². The van der Waals surface area contributed by atoms with Crippen LogP contribution in [0.4, 0.5) is 5.69 Å². The maximum atomic E-state index is 6.26. The fraction of sp³-hybridized carbons (Fsp3) is 0.143. The first-order valence-electron chi connectivity index (χ1n) is 8.39. The number of nitrogens with one attached hydrogen (secondary N) is 1. The van der Waals surface area contributed by atoms with Gasteiger partial charge in [0.2, 0.25) is 0 Å². The lowest BCUT2D eigenvalue weighted by molar-refractivity contribution is 0.281. The first kappa shape index (κ1) is 21.1. The molecule has 0 aromatic heterocycles. The predicted octanol–water partition coefficient (Wildman–Crippen LogP) is 7.61. The van der Waals surface area contributed by atoms with Crippen molar-refractivity contribution in [3.63, 3.8) is 0 Å². The molecule has 28 heavy (non-hydrogen) atoms. The van der Waals surface area contributed by atoms with Gasteiger partial charge >= 0.3 is 0 Å². The van der Waals surface area contributed by atoms with Crippen molar-refractivity contribution < 1.29 is 9.47 Å². The summed E-state index contributed by atoms with van der Waals surface area (Å²) in [6.07, 6.45) is 0. The first-order valence-corrected chi connectivity index (χ1v) is 10.3. The van der Waals surface area contributed by atoms with Crippen molar-refractivity contribution in [2.75, 3.05) is 12.4 Å². The molecule has 0 saturated heterocycles. The minimum Gasteiger partial charge on any atom is -0.493 e. The van der Waals surface area contributed by atoms with E-state index in [-0.39, 0.29) is 0 Å². The average molecular weight is 502 g/mol. The van der Waals surface area contributed by atoms with Crippen molar-refractivity contribution in [2.45, 2.75) is 13.2 Å². The summed E-state index contributed by atoms with van der Waals surface area (Å²) < 4.78 is 12.5. The Morgan fingerprint density at radius 1 is 0.964 bits per heavy atom. The number of ether oxygens (including phenoxy) is 2. The zero-order valence-electron chi connectivity index (χ0n) is 14.9. The highest BCUT2D eigenvalue weighted by Crippen LogP contribution is 2.38. The molecule has 0 saturated carbocycles. The molecule has 0 amide bonds. The van der Waals surface area contributed by atoms with E-state index in [1.165, 1.54) is 0 Å². The van der Waals surface area contributed by atoms with Gasteiger partial charge in [-0.2, -0.15) is 0 Å². The van der Waals surface area contributed by atoms with E-state index in [2.05, 4.69) is 21.2 Å². The zero-order chi connectivity index (χ0) is 20.1. The Bertz CT molecular complexity index is 982. The molecule has 0 atom stereocenters. The monoisotopic (exact) mass is 499 g/mol. The number of hydrogen-bond acceptors (Lipinski definition) is 3. The van der Waals surface area contributed by atoms with Crippen LogP contribution in [0.5, 0.6) is 11.5 Å². The Morgan fingerprint density at radius 3 is 2.46 bits per heavy atom. The smallest absolute Gasteiger partial charge is 0.167 e. The van der Waals surface area contributed by atoms with E-state index in [1.54, 1.807) is 19.2 Å². The van der Waals surface area contributed by atoms with Gasteiger partial charge < -0.3 is 14.8 Å². The highest BCUT2D eigenvalue weighted by Gasteiger charge is 2.15. The van der Waals surface area contributed by atoms with Gasteiger partial charge in [0.15, 0.2) is 11.5 Å². The number of methoxy groups -OCH3 is 1. The van der Waals surface area contributed by atoms with Gasteiger partial charge in [-0.25, -0.2) is 0 Å². The van der Waals surface area contributed by atoms with Crippen LogP contribution in [0.2, 0.25) is 15.1 Å². The van der Waals surface area contributed by atoms with Crippen LogP contribution in [0.3, 0.4) is 0 Å². The molecule has 0 radical (unpaired) electrons. The molecule has 3 rings (SSSR count). The second-order valence-corrected chi connectivity index (χ2v) is 8.09. The van der Waals surface area contributed by atoms with Crippen LogP contribution in [0.1, 0.15) is 11.1 Å². The van der Waals surface area contributed by atoms with Gasteiger partial charge in [0.1, 0.15) is 6.61 Å². The summed E-state index contributed by atoms with van der Waals surface area (Å²) in [4.78, 5) is 0. The second kappa shape index (κ2) is 9.75. The largest absolute Gasteiger partial charge is 0.493 e. The fourth-order valence-electron chi connectivity index (χ4n) is 2.66. The predicted molar refractivity (Wildman–Crippen MR) is 120 cm³/mol. The van der Waals surface area contributed by atoms with Crippen LogP contribution in [0.15, 0.2) is 59.1 Å². The molecule has 0 aliphatic heterocycles. The zero-order valence-corrected chi connectivity index (χ0v) is 18.8. The summed E-state index contributed by atoms with van der Waals surface area (Å²) in [5.41, 5.74) is 2.66. The molecule has 3 aromatic carbocycles. The number of halogens is 4. The average Bonchev–Trinajstić information content (AvgIpc) is 2.67. The Hall–Kier alpha value is -1.59. The minimum atomic E-state index is 0.363. The number of rotatable bonds is 7. The topological polar surface area (TPSA) is 30.5 Å². The molecule has 0 aliphatic rings. The molecule has 7 heteroatoms. The molecule has 0 heterocycles. The van der Waals surface area contributed by atoms with Crippen molar-refractivity contribution in [1.29, 1.82) is 0 Å². The van der Waals surface area contributed by atoms with Gasteiger partial charge in [-0.05, 0) is 48.0 Å². The van der Waals surface area contributed by atoms with E-state index in [0.29, 0.717) is 39.7 Å². The van der Waals surface area contributed by atoms with Crippen LogP contribution in [-0.4, -0.2) is 7.11 Å². The number of anilines is 1. The molecular weight excluding hydrogens is 484 g/mol. The quantitative estimate of drug-likeness (QED) is 0.361. The number of benzene rings is 3. The minimum absolute atomic E-state index is 0.363. The Kier molecular flexibility index (Phi) is 7.36. The van der Waals surface area contributed by atoms with Gasteiger partial charge in [0, 0.05) is 26.6 Å². The summed E-state index contributed by atoms with van der Waals surface area (Å²) in [7, 11) is 1.61. The van der Waals surface area contributed by atoms with E-state index in [1.807, 2.05) is 42.5 Å². The molecule has 3 aromatic rings. The lowest BCUT2D eigenvalue weighted by Crippen LogP contribution is -2.06. The van der Waals surface area contributed by atoms with Crippen molar-refractivity contribution >= 4 is 56.4 Å². The van der Waals surface area contributed by atoms with Crippen molar-refractivity contribution in [1.82, 2.24) is 0 Å². The van der Waals surface area contributed by atoms with Gasteiger partial charge in [0.05, 0.1) is 17.8 Å². The van der Waals surface area contributed by atoms with E-state index >= 15 is 0 Å². The van der Waals surface area contributed by atoms with Crippen LogP contribution in [0.25, 0.3) is 0 Å². The highest BCUT2D eigenvalue weighted by atomic mass is 79.9. The lowest BCUT2D eigenvalue weighted by Gasteiger charge is -2.18. The van der Waals surface area contributed by atoms with E-state index in [0.717, 1.165) is 21.3 Å².